The van der Waals surface area contributed by atoms with Crippen LogP contribution in [0.1, 0.15) is 18.5 Å². The summed E-state index contributed by atoms with van der Waals surface area (Å²) in [6.07, 6.45) is 2.30. The van der Waals surface area contributed by atoms with Crippen LogP contribution in [0.25, 0.3) is 0 Å². The van der Waals surface area contributed by atoms with Crippen LogP contribution in [0.5, 0.6) is 0 Å². The monoisotopic (exact) mass is 394 g/mol. The molecule has 3 N–H and O–H groups in total. The summed E-state index contributed by atoms with van der Waals surface area (Å²) < 4.78 is 5.47. The van der Waals surface area contributed by atoms with Crippen LogP contribution in [0.4, 0.5) is 15.6 Å². The third-order valence-corrected chi connectivity index (χ3v) is 4.79. The molecule has 9 heteroatoms. The van der Waals surface area contributed by atoms with Gasteiger partial charge in [0.15, 0.2) is 5.13 Å². The van der Waals surface area contributed by atoms with Gasteiger partial charge in [-0.1, -0.05) is 17.7 Å². The van der Waals surface area contributed by atoms with Crippen LogP contribution in [-0.4, -0.2) is 36.2 Å². The van der Waals surface area contributed by atoms with Crippen molar-refractivity contribution in [2.75, 3.05) is 23.8 Å². The lowest BCUT2D eigenvalue weighted by molar-refractivity contribution is -0.121. The molecule has 1 aliphatic rings. The lowest BCUT2D eigenvalue weighted by Crippen LogP contribution is -2.32. The molecule has 7 nitrogen and oxygen atoms in total. The van der Waals surface area contributed by atoms with Crippen LogP contribution in [-0.2, 0) is 16.0 Å². The number of ether oxygens (including phenoxy) is 1. The van der Waals surface area contributed by atoms with Gasteiger partial charge in [0.2, 0.25) is 5.91 Å². The van der Waals surface area contributed by atoms with Crippen LogP contribution < -0.4 is 16.0 Å². The van der Waals surface area contributed by atoms with Gasteiger partial charge in [-0.05, 0) is 31.0 Å². The quantitative estimate of drug-likeness (QED) is 0.701. The fourth-order valence-electron chi connectivity index (χ4n) is 2.53. The number of hydrogen-bond donors (Lipinski definition) is 3. The van der Waals surface area contributed by atoms with Crippen LogP contribution in [0.2, 0.25) is 5.02 Å². The lowest BCUT2D eigenvalue weighted by atomic mass is 10.2. The highest BCUT2D eigenvalue weighted by Gasteiger charge is 2.17. The zero-order chi connectivity index (χ0) is 18.4. The third-order valence-electron chi connectivity index (χ3n) is 3.75. The molecule has 1 saturated heterocycles. The van der Waals surface area contributed by atoms with E-state index in [-0.39, 0.29) is 18.4 Å². The first-order valence-corrected chi connectivity index (χ1v) is 9.50. The summed E-state index contributed by atoms with van der Waals surface area (Å²) in [6, 6.07) is 6.43. The Morgan fingerprint density at radius 2 is 2.23 bits per heavy atom. The molecule has 0 saturated carbocycles. The molecule has 1 aromatic heterocycles. The number of amides is 3. The molecule has 1 fully saturated rings. The predicted molar refractivity (Wildman–Crippen MR) is 102 cm³/mol. The molecule has 2 heterocycles. The SMILES string of the molecule is O=C(Cc1csc(NC(=O)Nc2cccc(Cl)c2)n1)NC[C@H]1CCCO1. The Morgan fingerprint density at radius 1 is 1.35 bits per heavy atom. The van der Waals surface area contributed by atoms with E-state index in [2.05, 4.69) is 20.9 Å². The minimum Gasteiger partial charge on any atom is -0.376 e. The molecule has 3 rings (SSSR count). The fraction of sp³-hybridized carbons (Fsp3) is 0.353. The number of rotatable bonds is 6. The van der Waals surface area contributed by atoms with Gasteiger partial charge in [0.25, 0.3) is 0 Å². The number of aromatic nitrogens is 1. The number of halogens is 1. The van der Waals surface area contributed by atoms with Gasteiger partial charge in [-0.3, -0.25) is 10.1 Å². The Bertz CT molecular complexity index is 777. The minimum absolute atomic E-state index is 0.110. The average molecular weight is 395 g/mol. The van der Waals surface area contributed by atoms with E-state index in [0.717, 1.165) is 19.4 Å². The molecule has 1 aromatic carbocycles. The Balaban J connectivity index is 1.44. The van der Waals surface area contributed by atoms with E-state index in [4.69, 9.17) is 16.3 Å². The number of benzene rings is 1. The summed E-state index contributed by atoms with van der Waals surface area (Å²) in [6.45, 7) is 1.29. The molecule has 0 bridgehead atoms. The molecule has 138 valence electrons. The lowest BCUT2D eigenvalue weighted by Gasteiger charge is -2.10. The molecular weight excluding hydrogens is 376 g/mol. The summed E-state index contributed by atoms with van der Waals surface area (Å²) in [7, 11) is 0. The van der Waals surface area contributed by atoms with Crippen molar-refractivity contribution in [3.05, 3.63) is 40.4 Å². The molecule has 26 heavy (non-hydrogen) atoms. The van der Waals surface area contributed by atoms with Crippen molar-refractivity contribution >= 4 is 45.7 Å². The molecule has 3 amide bonds. The largest absolute Gasteiger partial charge is 0.376 e. The van der Waals surface area contributed by atoms with Crippen molar-refractivity contribution in [3.8, 4) is 0 Å². The number of urea groups is 1. The second kappa shape index (κ2) is 8.98. The van der Waals surface area contributed by atoms with Crippen LogP contribution in [0.15, 0.2) is 29.6 Å². The first kappa shape index (κ1) is 18.6. The van der Waals surface area contributed by atoms with E-state index >= 15 is 0 Å². The van der Waals surface area contributed by atoms with Gasteiger partial charge < -0.3 is 15.4 Å². The van der Waals surface area contributed by atoms with Crippen molar-refractivity contribution < 1.29 is 14.3 Å². The summed E-state index contributed by atoms with van der Waals surface area (Å²) in [5, 5.41) is 10.9. The van der Waals surface area contributed by atoms with E-state index < -0.39 is 6.03 Å². The average Bonchev–Trinajstić information content (AvgIpc) is 3.25. The molecular formula is C17H19ClN4O3S. The highest BCUT2D eigenvalue weighted by Crippen LogP contribution is 2.18. The molecule has 0 spiro atoms. The van der Waals surface area contributed by atoms with Gasteiger partial charge in [-0.15, -0.1) is 11.3 Å². The van der Waals surface area contributed by atoms with Crippen LogP contribution in [0, 0.1) is 0 Å². The number of nitrogens with one attached hydrogen (secondary N) is 3. The Hall–Kier alpha value is -2.16. The molecule has 0 radical (unpaired) electrons. The maximum Gasteiger partial charge on any atom is 0.325 e. The topological polar surface area (TPSA) is 92.4 Å². The number of hydrogen-bond acceptors (Lipinski definition) is 5. The first-order valence-electron chi connectivity index (χ1n) is 8.25. The predicted octanol–water partition coefficient (Wildman–Crippen LogP) is 3.28. The van der Waals surface area contributed by atoms with Gasteiger partial charge >= 0.3 is 6.03 Å². The second-order valence-corrected chi connectivity index (χ2v) is 7.14. The second-order valence-electron chi connectivity index (χ2n) is 5.85. The Labute approximate surface area is 160 Å². The van der Waals surface area contributed by atoms with Crippen molar-refractivity contribution in [1.29, 1.82) is 0 Å². The maximum absolute atomic E-state index is 12.0. The summed E-state index contributed by atoms with van der Waals surface area (Å²) in [5.41, 5.74) is 1.19. The first-order chi connectivity index (χ1) is 12.6. The third kappa shape index (κ3) is 5.69. The van der Waals surface area contributed by atoms with Gasteiger partial charge in [-0.25, -0.2) is 9.78 Å². The van der Waals surface area contributed by atoms with Crippen molar-refractivity contribution in [2.24, 2.45) is 0 Å². The van der Waals surface area contributed by atoms with Crippen molar-refractivity contribution in [3.63, 3.8) is 0 Å². The van der Waals surface area contributed by atoms with E-state index in [1.54, 1.807) is 29.6 Å². The molecule has 1 atom stereocenters. The van der Waals surface area contributed by atoms with Crippen molar-refractivity contribution in [2.45, 2.75) is 25.4 Å². The maximum atomic E-state index is 12.0. The van der Waals surface area contributed by atoms with Crippen LogP contribution in [0.3, 0.4) is 0 Å². The zero-order valence-electron chi connectivity index (χ0n) is 14.0. The number of carbonyl (C=O) groups excluding carboxylic acids is 2. The Morgan fingerprint density at radius 3 is 3.00 bits per heavy atom. The summed E-state index contributed by atoms with van der Waals surface area (Å²) in [4.78, 5) is 28.2. The van der Waals surface area contributed by atoms with E-state index in [0.29, 0.717) is 28.1 Å². The van der Waals surface area contributed by atoms with Gasteiger partial charge in [0.1, 0.15) is 0 Å². The zero-order valence-corrected chi connectivity index (χ0v) is 15.5. The smallest absolute Gasteiger partial charge is 0.325 e. The summed E-state index contributed by atoms with van der Waals surface area (Å²) >= 11 is 7.14. The van der Waals surface area contributed by atoms with Gasteiger partial charge in [0, 0.05) is 29.2 Å². The normalized spacial score (nSPS) is 16.3. The standard InChI is InChI=1S/C17H19ClN4O3S/c18-11-3-1-4-12(7-11)20-16(24)22-17-21-13(10-26-17)8-15(23)19-9-14-5-2-6-25-14/h1,3-4,7,10,14H,2,5-6,8-9H2,(H,19,23)(H2,20,21,22,24)/t14-/m1/s1. The molecule has 0 aliphatic carbocycles. The van der Waals surface area contributed by atoms with Crippen molar-refractivity contribution in [1.82, 2.24) is 10.3 Å². The van der Waals surface area contributed by atoms with E-state index in [1.165, 1.54) is 11.3 Å². The fourth-order valence-corrected chi connectivity index (χ4v) is 3.43. The van der Waals surface area contributed by atoms with Crippen LogP contribution >= 0.6 is 22.9 Å². The number of nitrogens with zero attached hydrogens (tertiary/aromatic N) is 1. The van der Waals surface area contributed by atoms with Gasteiger partial charge in [-0.2, -0.15) is 0 Å². The Kier molecular flexibility index (Phi) is 6.43. The van der Waals surface area contributed by atoms with E-state index in [9.17, 15) is 9.59 Å². The van der Waals surface area contributed by atoms with E-state index in [1.807, 2.05) is 0 Å². The highest BCUT2D eigenvalue weighted by molar-refractivity contribution is 7.14. The molecule has 1 aliphatic heterocycles. The summed E-state index contributed by atoms with van der Waals surface area (Å²) in [5.74, 6) is -0.110. The molecule has 2 aromatic rings. The number of anilines is 2. The number of carbonyl (C=O) groups is 2. The number of thiazole rings is 1. The van der Waals surface area contributed by atoms with Gasteiger partial charge in [0.05, 0.1) is 18.2 Å². The minimum atomic E-state index is -0.420. The molecule has 0 unspecified atom stereocenters. The highest BCUT2D eigenvalue weighted by atomic mass is 35.5.